The number of methoxy groups -OCH3 is 1. The molecule has 0 unspecified atom stereocenters. The number of thioether (sulfide) groups is 1. The van der Waals surface area contributed by atoms with Crippen LogP contribution in [0.5, 0.6) is 0 Å². The molecule has 0 fully saturated rings. The molecule has 17 heavy (non-hydrogen) atoms. The van der Waals surface area contributed by atoms with Crippen LogP contribution in [0, 0.1) is 0 Å². The van der Waals surface area contributed by atoms with E-state index in [1.165, 1.54) is 18.9 Å². The van der Waals surface area contributed by atoms with Gasteiger partial charge in [0.15, 0.2) is 0 Å². The van der Waals surface area contributed by atoms with Crippen LogP contribution < -0.4 is 5.32 Å². The van der Waals surface area contributed by atoms with E-state index < -0.39 is 5.97 Å². The van der Waals surface area contributed by atoms with Crippen molar-refractivity contribution in [3.63, 3.8) is 0 Å². The fraction of sp³-hybridized carbons (Fsp3) is 0.273. The molecule has 0 atom stereocenters. The van der Waals surface area contributed by atoms with E-state index in [1.54, 1.807) is 0 Å². The Morgan fingerprint density at radius 2 is 2.00 bits per heavy atom. The molecule has 0 radical (unpaired) electrons. The van der Waals surface area contributed by atoms with Crippen molar-refractivity contribution in [3.05, 3.63) is 28.7 Å². The van der Waals surface area contributed by atoms with Gasteiger partial charge in [-0.2, -0.15) is 0 Å². The molecule has 1 aromatic carbocycles. The fourth-order valence-corrected chi connectivity index (χ4v) is 1.97. The molecule has 0 bridgehead atoms. The number of esters is 1. The molecule has 1 N–H and O–H groups in total. The van der Waals surface area contributed by atoms with Gasteiger partial charge in [0, 0.05) is 9.37 Å². The number of nitrogens with one attached hydrogen (secondary N) is 1. The highest BCUT2D eigenvalue weighted by atomic mass is 79.9. The zero-order valence-corrected chi connectivity index (χ0v) is 11.6. The van der Waals surface area contributed by atoms with Crippen LogP contribution in [0.2, 0.25) is 0 Å². The first-order valence-electron chi connectivity index (χ1n) is 4.83. The first-order chi connectivity index (χ1) is 8.11. The SMILES string of the molecule is COC(=O)CNC(=O)CSc1ccc(Br)cc1. The Balaban J connectivity index is 2.28. The highest BCUT2D eigenvalue weighted by molar-refractivity contribution is 9.10. The molecular weight excluding hydrogens is 306 g/mol. The van der Waals surface area contributed by atoms with E-state index in [0.29, 0.717) is 0 Å². The maximum Gasteiger partial charge on any atom is 0.325 e. The normalized spacial score (nSPS) is 9.76. The summed E-state index contributed by atoms with van der Waals surface area (Å²) in [4.78, 5) is 23.1. The average Bonchev–Trinajstić information content (AvgIpc) is 2.35. The second kappa shape index (κ2) is 7.34. The van der Waals surface area contributed by atoms with Crippen LogP contribution in [0.3, 0.4) is 0 Å². The summed E-state index contributed by atoms with van der Waals surface area (Å²) in [5.41, 5.74) is 0. The summed E-state index contributed by atoms with van der Waals surface area (Å²) in [5, 5.41) is 2.47. The molecule has 1 aromatic rings. The predicted octanol–water partition coefficient (Wildman–Crippen LogP) is 1.83. The lowest BCUT2D eigenvalue weighted by molar-refractivity contribution is -0.140. The molecule has 0 aliphatic rings. The lowest BCUT2D eigenvalue weighted by atomic mass is 10.4. The first-order valence-corrected chi connectivity index (χ1v) is 6.61. The lowest BCUT2D eigenvalue weighted by Gasteiger charge is -2.04. The van der Waals surface area contributed by atoms with Gasteiger partial charge in [-0.1, -0.05) is 15.9 Å². The Morgan fingerprint density at radius 3 is 2.59 bits per heavy atom. The highest BCUT2D eigenvalue weighted by Crippen LogP contribution is 2.20. The van der Waals surface area contributed by atoms with Crippen molar-refractivity contribution in [1.29, 1.82) is 0 Å². The van der Waals surface area contributed by atoms with Crippen molar-refractivity contribution in [1.82, 2.24) is 5.32 Å². The van der Waals surface area contributed by atoms with Crippen LogP contribution in [-0.2, 0) is 14.3 Å². The van der Waals surface area contributed by atoms with Crippen LogP contribution in [0.4, 0.5) is 0 Å². The molecule has 0 saturated carbocycles. The van der Waals surface area contributed by atoms with E-state index in [9.17, 15) is 9.59 Å². The van der Waals surface area contributed by atoms with Gasteiger partial charge < -0.3 is 10.1 Å². The third-order valence-corrected chi connectivity index (χ3v) is 3.38. The van der Waals surface area contributed by atoms with Gasteiger partial charge in [-0.25, -0.2) is 0 Å². The number of ether oxygens (including phenoxy) is 1. The number of hydrogen-bond acceptors (Lipinski definition) is 4. The summed E-state index contributed by atoms with van der Waals surface area (Å²) in [5.74, 6) is -0.367. The van der Waals surface area contributed by atoms with Crippen LogP contribution >= 0.6 is 27.7 Å². The van der Waals surface area contributed by atoms with Crippen LogP contribution in [0.1, 0.15) is 0 Å². The van der Waals surface area contributed by atoms with Crippen molar-refractivity contribution >= 4 is 39.6 Å². The molecule has 1 amide bonds. The summed E-state index contributed by atoms with van der Waals surface area (Å²) >= 11 is 4.75. The Kier molecular flexibility index (Phi) is 6.07. The van der Waals surface area contributed by atoms with Crippen molar-refractivity contribution < 1.29 is 14.3 Å². The monoisotopic (exact) mass is 317 g/mol. The minimum Gasteiger partial charge on any atom is -0.468 e. The van der Waals surface area contributed by atoms with Crippen LogP contribution in [0.15, 0.2) is 33.6 Å². The van der Waals surface area contributed by atoms with E-state index in [-0.39, 0.29) is 18.2 Å². The van der Waals surface area contributed by atoms with Gasteiger partial charge in [-0.15, -0.1) is 11.8 Å². The summed E-state index contributed by atoms with van der Waals surface area (Å²) in [6.45, 7) is -0.0871. The summed E-state index contributed by atoms with van der Waals surface area (Å²) < 4.78 is 5.41. The minimum absolute atomic E-state index is 0.0871. The second-order valence-electron chi connectivity index (χ2n) is 3.10. The zero-order chi connectivity index (χ0) is 12.7. The fourth-order valence-electron chi connectivity index (χ4n) is 0.974. The number of benzene rings is 1. The zero-order valence-electron chi connectivity index (χ0n) is 9.23. The van der Waals surface area contributed by atoms with E-state index in [1.807, 2.05) is 24.3 Å². The Labute approximate surface area is 112 Å². The molecule has 0 spiro atoms. The van der Waals surface area contributed by atoms with Gasteiger partial charge in [0.25, 0.3) is 0 Å². The van der Waals surface area contributed by atoms with Gasteiger partial charge in [0.1, 0.15) is 6.54 Å². The number of carbonyl (C=O) groups excluding carboxylic acids is 2. The van der Waals surface area contributed by atoms with Crippen molar-refractivity contribution in [3.8, 4) is 0 Å². The molecule has 0 heterocycles. The summed E-state index contributed by atoms with van der Waals surface area (Å²) in [6, 6.07) is 7.66. The molecular formula is C11H12BrNO3S. The third-order valence-electron chi connectivity index (χ3n) is 1.84. The highest BCUT2D eigenvalue weighted by Gasteiger charge is 2.05. The maximum atomic E-state index is 11.4. The molecule has 1 rings (SSSR count). The van der Waals surface area contributed by atoms with Gasteiger partial charge in [0.05, 0.1) is 12.9 Å². The molecule has 0 saturated heterocycles. The molecule has 0 aliphatic heterocycles. The number of halogens is 1. The second-order valence-corrected chi connectivity index (χ2v) is 5.06. The van der Waals surface area contributed by atoms with Gasteiger partial charge >= 0.3 is 5.97 Å². The number of hydrogen-bond donors (Lipinski definition) is 1. The summed E-state index contributed by atoms with van der Waals surface area (Å²) in [6.07, 6.45) is 0. The number of rotatable bonds is 5. The Morgan fingerprint density at radius 1 is 1.35 bits per heavy atom. The maximum absolute atomic E-state index is 11.4. The van der Waals surface area contributed by atoms with Crippen molar-refractivity contribution in [2.45, 2.75) is 4.90 Å². The first kappa shape index (κ1) is 14.1. The van der Waals surface area contributed by atoms with Gasteiger partial charge in [-0.05, 0) is 24.3 Å². The van der Waals surface area contributed by atoms with Crippen LogP contribution in [0.25, 0.3) is 0 Å². The topological polar surface area (TPSA) is 55.4 Å². The lowest BCUT2D eigenvalue weighted by Crippen LogP contribution is -2.31. The molecule has 0 aliphatic carbocycles. The quantitative estimate of drug-likeness (QED) is 0.665. The number of amides is 1. The smallest absolute Gasteiger partial charge is 0.325 e. The third kappa shape index (κ3) is 5.74. The van der Waals surface area contributed by atoms with Gasteiger partial charge in [0.2, 0.25) is 5.91 Å². The van der Waals surface area contributed by atoms with E-state index >= 15 is 0 Å². The molecule has 92 valence electrons. The van der Waals surface area contributed by atoms with E-state index in [0.717, 1.165) is 9.37 Å². The van der Waals surface area contributed by atoms with Gasteiger partial charge in [-0.3, -0.25) is 9.59 Å². The largest absolute Gasteiger partial charge is 0.468 e. The standard InChI is InChI=1S/C11H12BrNO3S/c1-16-11(15)6-13-10(14)7-17-9-4-2-8(12)3-5-9/h2-5H,6-7H2,1H3,(H,13,14). The number of carbonyl (C=O) groups is 2. The molecule has 0 aromatic heterocycles. The summed E-state index contributed by atoms with van der Waals surface area (Å²) in [7, 11) is 1.28. The van der Waals surface area contributed by atoms with Crippen LogP contribution in [-0.4, -0.2) is 31.3 Å². The molecule has 6 heteroatoms. The van der Waals surface area contributed by atoms with E-state index in [4.69, 9.17) is 0 Å². The minimum atomic E-state index is -0.452. The predicted molar refractivity (Wildman–Crippen MR) is 69.9 cm³/mol. The van der Waals surface area contributed by atoms with E-state index in [2.05, 4.69) is 26.0 Å². The van der Waals surface area contributed by atoms with Crippen molar-refractivity contribution in [2.24, 2.45) is 0 Å². The molecule has 4 nitrogen and oxygen atoms in total. The van der Waals surface area contributed by atoms with Crippen molar-refractivity contribution in [2.75, 3.05) is 19.4 Å². The average molecular weight is 318 g/mol. The Bertz CT molecular complexity index is 394. The Hall–Kier alpha value is -1.01.